The van der Waals surface area contributed by atoms with Crippen LogP contribution in [0.3, 0.4) is 0 Å². The van der Waals surface area contributed by atoms with Gasteiger partial charge in [0.2, 0.25) is 0 Å². The first-order valence-electron chi connectivity index (χ1n) is 23.2. The van der Waals surface area contributed by atoms with E-state index in [1.54, 1.807) is 127 Å². The topological polar surface area (TPSA) is 124 Å². The Balaban J connectivity index is 1.06. The molecule has 0 spiro atoms. The van der Waals surface area contributed by atoms with Crippen molar-refractivity contribution in [3.8, 4) is 0 Å². The van der Waals surface area contributed by atoms with E-state index in [0.717, 1.165) is 12.8 Å². The molecular weight excluding hydrogens is 821 g/mol. The fraction of sp³-hybridized carbons (Fsp3) is 0.418. The summed E-state index contributed by atoms with van der Waals surface area (Å²) in [6.07, 6.45) is 5.75. The Morgan fingerprint density at radius 3 is 1.66 bits per heavy atom. The van der Waals surface area contributed by atoms with E-state index in [1.807, 2.05) is 0 Å². The highest BCUT2D eigenvalue weighted by Crippen LogP contribution is 2.66. The standard InChI is InChI=1S/C55H58O10/c1-4-39-26-28-43-42-27-25-40-33-41(29-31-55(40,3)44(42)30-32-54(39,43)2)61-53-48(65-52(59)38-23-15-8-16-24-38)47(64-51(58)37-21-13-7-14-22-37)46(63-50(57)36-19-11-6-12-20-36)45(62-53)34-60-49(56)35-17-9-5-10-18-35/h4-25,41-48,53H,26-34H2,1-3H3/b39-4-/t41-,42-,43-,44-,45+,46+,47-,48+,53+,54+,55-/m0/s1. The number of fused-ring (bicyclic) bond motifs is 5. The van der Waals surface area contributed by atoms with Gasteiger partial charge in [-0.25, -0.2) is 19.2 Å². The summed E-state index contributed by atoms with van der Waals surface area (Å²) in [6.45, 7) is 6.74. The third kappa shape index (κ3) is 8.95. The molecule has 0 N–H and O–H groups in total. The minimum Gasteiger partial charge on any atom is -0.459 e. The molecule has 1 saturated heterocycles. The molecule has 4 aromatic rings. The van der Waals surface area contributed by atoms with Crippen molar-refractivity contribution < 1.29 is 47.6 Å². The van der Waals surface area contributed by atoms with Gasteiger partial charge in [0, 0.05) is 0 Å². The Bertz CT molecular complexity index is 2400. The van der Waals surface area contributed by atoms with Crippen LogP contribution in [0.1, 0.15) is 114 Å². The van der Waals surface area contributed by atoms with Gasteiger partial charge in [0.25, 0.3) is 0 Å². The van der Waals surface area contributed by atoms with Crippen LogP contribution in [-0.4, -0.2) is 67.3 Å². The fourth-order valence-corrected chi connectivity index (χ4v) is 11.9. The molecule has 4 aromatic carbocycles. The zero-order valence-electron chi connectivity index (χ0n) is 37.3. The lowest BCUT2D eigenvalue weighted by molar-refractivity contribution is -0.310. The normalized spacial score (nSPS) is 32.1. The highest BCUT2D eigenvalue weighted by Gasteiger charge is 2.58. The van der Waals surface area contributed by atoms with Crippen LogP contribution in [-0.2, 0) is 28.4 Å². The molecule has 4 aliphatic carbocycles. The van der Waals surface area contributed by atoms with Gasteiger partial charge < -0.3 is 28.4 Å². The number of rotatable bonds is 11. The molecule has 1 aliphatic heterocycles. The summed E-state index contributed by atoms with van der Waals surface area (Å²) in [5.41, 5.74) is 4.32. The van der Waals surface area contributed by atoms with Gasteiger partial charge in [0.05, 0.1) is 28.4 Å². The van der Waals surface area contributed by atoms with Crippen LogP contribution in [0.2, 0.25) is 0 Å². The van der Waals surface area contributed by atoms with Crippen LogP contribution >= 0.6 is 0 Å². The highest BCUT2D eigenvalue weighted by atomic mass is 16.7. The van der Waals surface area contributed by atoms with Gasteiger partial charge in [-0.1, -0.05) is 110 Å². The van der Waals surface area contributed by atoms with E-state index >= 15 is 0 Å². The number of ether oxygens (including phenoxy) is 6. The van der Waals surface area contributed by atoms with Crippen molar-refractivity contribution in [1.29, 1.82) is 0 Å². The molecular formula is C55H58O10. The summed E-state index contributed by atoms with van der Waals surface area (Å²) in [7, 11) is 0. The Hall–Kier alpha value is -5.84. The van der Waals surface area contributed by atoms with E-state index in [-0.39, 0.29) is 33.6 Å². The molecule has 0 amide bonds. The van der Waals surface area contributed by atoms with E-state index in [0.29, 0.717) is 36.2 Å². The number of hydrogen-bond acceptors (Lipinski definition) is 10. The summed E-state index contributed by atoms with van der Waals surface area (Å²) >= 11 is 0. The lowest BCUT2D eigenvalue weighted by atomic mass is 9.48. The maximum atomic E-state index is 14.1. The maximum absolute atomic E-state index is 14.1. The van der Waals surface area contributed by atoms with Crippen LogP contribution < -0.4 is 0 Å². The average Bonchev–Trinajstić information content (AvgIpc) is 3.69. The number of carbonyl (C=O) groups is 4. The summed E-state index contributed by atoms with van der Waals surface area (Å²) in [6, 6.07) is 33.7. The fourth-order valence-electron chi connectivity index (χ4n) is 11.9. The van der Waals surface area contributed by atoms with Crippen LogP contribution in [0.25, 0.3) is 0 Å². The van der Waals surface area contributed by atoms with E-state index in [4.69, 9.17) is 28.4 Å². The third-order valence-electron chi connectivity index (χ3n) is 15.3. The first kappa shape index (κ1) is 44.4. The first-order chi connectivity index (χ1) is 31.6. The second-order valence-corrected chi connectivity index (χ2v) is 18.8. The maximum Gasteiger partial charge on any atom is 0.338 e. The van der Waals surface area contributed by atoms with Gasteiger partial charge in [-0.3, -0.25) is 0 Å². The van der Waals surface area contributed by atoms with E-state index < -0.39 is 61.2 Å². The summed E-state index contributed by atoms with van der Waals surface area (Å²) < 4.78 is 38.5. The third-order valence-corrected chi connectivity index (χ3v) is 15.3. The van der Waals surface area contributed by atoms with Crippen molar-refractivity contribution in [3.63, 3.8) is 0 Å². The largest absolute Gasteiger partial charge is 0.459 e. The summed E-state index contributed by atoms with van der Waals surface area (Å²) in [5, 5.41) is 0. The number of allylic oxidation sites excluding steroid dienone is 3. The number of esters is 4. The van der Waals surface area contributed by atoms with Crippen molar-refractivity contribution in [2.45, 2.75) is 109 Å². The molecule has 1 heterocycles. The monoisotopic (exact) mass is 878 g/mol. The zero-order chi connectivity index (χ0) is 45.1. The van der Waals surface area contributed by atoms with Gasteiger partial charge in [-0.15, -0.1) is 0 Å². The molecule has 4 fully saturated rings. The first-order valence-corrected chi connectivity index (χ1v) is 23.2. The Kier molecular flexibility index (Phi) is 12.9. The zero-order valence-corrected chi connectivity index (χ0v) is 37.3. The molecule has 10 nitrogen and oxygen atoms in total. The number of carbonyl (C=O) groups excluding carboxylic acids is 4. The Morgan fingerprint density at radius 2 is 1.11 bits per heavy atom. The van der Waals surface area contributed by atoms with Crippen molar-refractivity contribution in [1.82, 2.24) is 0 Å². The molecule has 0 unspecified atom stereocenters. The van der Waals surface area contributed by atoms with Crippen LogP contribution in [0.4, 0.5) is 0 Å². The molecule has 338 valence electrons. The van der Waals surface area contributed by atoms with E-state index in [2.05, 4.69) is 32.9 Å². The van der Waals surface area contributed by atoms with Gasteiger partial charge >= 0.3 is 23.9 Å². The second kappa shape index (κ2) is 18.9. The van der Waals surface area contributed by atoms with Crippen molar-refractivity contribution in [3.05, 3.63) is 167 Å². The predicted octanol–water partition coefficient (Wildman–Crippen LogP) is 10.5. The highest BCUT2D eigenvalue weighted by molar-refractivity contribution is 5.91. The summed E-state index contributed by atoms with van der Waals surface area (Å²) in [5.74, 6) is -0.954. The minimum absolute atomic E-state index is 0.0219. The predicted molar refractivity (Wildman–Crippen MR) is 243 cm³/mol. The lowest BCUT2D eigenvalue weighted by Gasteiger charge is -2.57. The molecule has 11 atom stereocenters. The minimum atomic E-state index is -1.48. The van der Waals surface area contributed by atoms with E-state index in [1.165, 1.54) is 31.3 Å². The molecule has 3 saturated carbocycles. The molecule has 10 heteroatoms. The van der Waals surface area contributed by atoms with Crippen LogP contribution in [0, 0.1) is 28.6 Å². The van der Waals surface area contributed by atoms with Gasteiger partial charge in [-0.05, 0) is 135 Å². The van der Waals surface area contributed by atoms with Gasteiger partial charge in [0.15, 0.2) is 24.6 Å². The van der Waals surface area contributed by atoms with E-state index in [9.17, 15) is 19.2 Å². The molecule has 0 bridgehead atoms. The SMILES string of the molecule is C/C=C1/CC[C@H]2[C@@H]3CC=C4C[C@@H](O[C@@H]5O[C@H](COC(=O)c6ccccc6)[C@@H](OC(=O)c6ccccc6)[C@H](OC(=O)c6ccccc6)[C@H]5OC(=O)c5ccccc5)CC[C@]4(C)[C@H]3CC[C@]12C. The molecule has 0 radical (unpaired) electrons. The Morgan fingerprint density at radius 1 is 0.615 bits per heavy atom. The van der Waals surface area contributed by atoms with Crippen molar-refractivity contribution in [2.75, 3.05) is 6.61 Å². The second-order valence-electron chi connectivity index (χ2n) is 18.8. The van der Waals surface area contributed by atoms with Crippen molar-refractivity contribution in [2.24, 2.45) is 28.6 Å². The quantitative estimate of drug-likeness (QED) is 0.0817. The molecule has 9 rings (SSSR count). The van der Waals surface area contributed by atoms with Gasteiger partial charge in [0.1, 0.15) is 12.7 Å². The number of benzene rings is 4. The smallest absolute Gasteiger partial charge is 0.338 e. The molecule has 5 aliphatic rings. The average molecular weight is 879 g/mol. The van der Waals surface area contributed by atoms with Crippen molar-refractivity contribution >= 4 is 23.9 Å². The van der Waals surface area contributed by atoms with Gasteiger partial charge in [-0.2, -0.15) is 0 Å². The number of hydrogen-bond donors (Lipinski definition) is 0. The Labute approximate surface area is 381 Å². The van der Waals surface area contributed by atoms with Crippen LogP contribution in [0.15, 0.2) is 145 Å². The van der Waals surface area contributed by atoms with Crippen LogP contribution in [0.5, 0.6) is 0 Å². The lowest BCUT2D eigenvalue weighted by Crippen LogP contribution is -2.63. The molecule has 0 aromatic heterocycles. The molecule has 65 heavy (non-hydrogen) atoms. The summed E-state index contributed by atoms with van der Waals surface area (Å²) in [4.78, 5) is 55.6.